The van der Waals surface area contributed by atoms with Gasteiger partial charge in [0.1, 0.15) is 11.3 Å². The number of hydrogen-bond acceptors (Lipinski definition) is 4. The topological polar surface area (TPSA) is 63.2 Å². The van der Waals surface area contributed by atoms with Crippen LogP contribution in [0.25, 0.3) is 10.9 Å². The molecule has 0 aliphatic carbocycles. The van der Waals surface area contributed by atoms with Crippen LogP contribution in [0.4, 0.5) is 0 Å². The summed E-state index contributed by atoms with van der Waals surface area (Å²) in [6.45, 7) is 1.36. The van der Waals surface area contributed by atoms with Crippen molar-refractivity contribution in [1.82, 2.24) is 15.6 Å². The molecule has 0 bridgehead atoms. The molecular weight excluding hydrogens is 266 g/mol. The molecule has 1 fully saturated rings. The Kier molecular flexibility index (Phi) is 4.01. The van der Waals surface area contributed by atoms with E-state index >= 15 is 0 Å². The zero-order valence-electron chi connectivity index (χ0n) is 12.1. The molecule has 0 radical (unpaired) electrons. The van der Waals surface area contributed by atoms with Gasteiger partial charge in [0, 0.05) is 18.5 Å². The molecule has 5 nitrogen and oxygen atoms in total. The van der Waals surface area contributed by atoms with E-state index in [2.05, 4.69) is 15.6 Å². The van der Waals surface area contributed by atoms with Crippen molar-refractivity contribution in [3.05, 3.63) is 36.0 Å². The summed E-state index contributed by atoms with van der Waals surface area (Å²) >= 11 is 0. The maximum absolute atomic E-state index is 11.7. The maximum atomic E-state index is 11.7. The summed E-state index contributed by atoms with van der Waals surface area (Å²) < 4.78 is 5.35. The Hall–Kier alpha value is -2.14. The molecule has 1 aliphatic heterocycles. The molecule has 110 valence electrons. The number of rotatable bonds is 4. The molecule has 2 heterocycles. The average Bonchev–Trinajstić information content (AvgIpc) is 2.53. The lowest BCUT2D eigenvalue weighted by Gasteiger charge is -2.22. The highest BCUT2D eigenvalue weighted by molar-refractivity contribution is 5.84. The second kappa shape index (κ2) is 6.10. The van der Waals surface area contributed by atoms with E-state index in [4.69, 9.17) is 4.74 Å². The number of carbonyl (C=O) groups is 1. The Morgan fingerprint density at radius 1 is 1.38 bits per heavy atom. The first-order valence-electron chi connectivity index (χ1n) is 7.21. The molecule has 0 saturated carbocycles. The van der Waals surface area contributed by atoms with E-state index in [1.165, 1.54) is 0 Å². The highest BCUT2D eigenvalue weighted by Gasteiger charge is 2.21. The molecule has 3 rings (SSSR count). The van der Waals surface area contributed by atoms with Crippen molar-refractivity contribution < 1.29 is 9.53 Å². The normalized spacial score (nSPS) is 18.5. The molecule has 1 amide bonds. The van der Waals surface area contributed by atoms with Gasteiger partial charge in [0.15, 0.2) is 0 Å². The number of methoxy groups -OCH3 is 1. The van der Waals surface area contributed by atoms with Crippen LogP contribution in [0.2, 0.25) is 0 Å². The molecule has 5 heteroatoms. The number of nitrogens with zero attached hydrogens (tertiary/aromatic N) is 1. The fourth-order valence-corrected chi connectivity index (χ4v) is 2.62. The van der Waals surface area contributed by atoms with Gasteiger partial charge in [-0.2, -0.15) is 0 Å². The number of carbonyl (C=O) groups excluding carboxylic acids is 1. The van der Waals surface area contributed by atoms with Gasteiger partial charge in [0.05, 0.1) is 18.8 Å². The average molecular weight is 285 g/mol. The molecule has 1 atom stereocenters. The number of benzene rings is 1. The number of ether oxygens (including phenoxy) is 1. The van der Waals surface area contributed by atoms with Gasteiger partial charge >= 0.3 is 0 Å². The van der Waals surface area contributed by atoms with E-state index in [1.807, 2.05) is 30.3 Å². The van der Waals surface area contributed by atoms with Gasteiger partial charge in [-0.15, -0.1) is 0 Å². The highest BCUT2D eigenvalue weighted by atomic mass is 16.5. The number of hydrogen-bond donors (Lipinski definition) is 2. The van der Waals surface area contributed by atoms with Crippen molar-refractivity contribution in [1.29, 1.82) is 0 Å². The Morgan fingerprint density at radius 2 is 2.29 bits per heavy atom. The zero-order valence-corrected chi connectivity index (χ0v) is 12.1. The first-order chi connectivity index (χ1) is 10.3. The van der Waals surface area contributed by atoms with E-state index in [0.717, 1.165) is 41.7 Å². The third-order valence-electron chi connectivity index (χ3n) is 3.78. The fourth-order valence-electron chi connectivity index (χ4n) is 2.62. The third kappa shape index (κ3) is 2.97. The van der Waals surface area contributed by atoms with Crippen molar-refractivity contribution in [2.75, 3.05) is 13.7 Å². The summed E-state index contributed by atoms with van der Waals surface area (Å²) in [7, 11) is 1.65. The number of pyridine rings is 1. The minimum atomic E-state index is -0.117. The largest absolute Gasteiger partial charge is 0.494 e. The molecule has 1 saturated heterocycles. The van der Waals surface area contributed by atoms with E-state index in [0.29, 0.717) is 6.54 Å². The lowest BCUT2D eigenvalue weighted by molar-refractivity contribution is -0.124. The van der Waals surface area contributed by atoms with Crippen LogP contribution < -0.4 is 15.4 Å². The summed E-state index contributed by atoms with van der Waals surface area (Å²) in [5.74, 6) is 0.851. The first-order valence-corrected chi connectivity index (χ1v) is 7.21. The van der Waals surface area contributed by atoms with Crippen LogP contribution in [-0.2, 0) is 11.3 Å². The van der Waals surface area contributed by atoms with Gasteiger partial charge in [0.2, 0.25) is 5.91 Å². The van der Waals surface area contributed by atoms with Gasteiger partial charge in [-0.05, 0) is 25.0 Å². The molecule has 21 heavy (non-hydrogen) atoms. The van der Waals surface area contributed by atoms with Gasteiger partial charge in [-0.1, -0.05) is 18.2 Å². The number of aromatic nitrogens is 1. The molecule has 2 aromatic rings. The Morgan fingerprint density at radius 3 is 3.10 bits per heavy atom. The predicted molar refractivity (Wildman–Crippen MR) is 81.2 cm³/mol. The minimum absolute atomic E-state index is 0.0830. The summed E-state index contributed by atoms with van der Waals surface area (Å²) in [6, 6.07) is 9.76. The van der Waals surface area contributed by atoms with Crippen LogP contribution in [0.5, 0.6) is 5.75 Å². The summed E-state index contributed by atoms with van der Waals surface area (Å²) in [5, 5.41) is 7.20. The number of nitrogens with one attached hydrogen (secondary N) is 2. The van der Waals surface area contributed by atoms with E-state index < -0.39 is 0 Å². The van der Waals surface area contributed by atoms with Crippen LogP contribution in [-0.4, -0.2) is 30.6 Å². The van der Waals surface area contributed by atoms with Crippen LogP contribution in [0.1, 0.15) is 18.5 Å². The smallest absolute Gasteiger partial charge is 0.237 e. The maximum Gasteiger partial charge on any atom is 0.237 e. The van der Waals surface area contributed by atoms with Crippen molar-refractivity contribution in [3.8, 4) is 5.75 Å². The molecule has 1 aromatic heterocycles. The molecular formula is C16H19N3O2. The monoisotopic (exact) mass is 285 g/mol. The van der Waals surface area contributed by atoms with Crippen LogP contribution >= 0.6 is 0 Å². The SMILES string of the molecule is COc1cccc2ccc(CNC3CCCNC3=O)nc12. The molecule has 1 aromatic carbocycles. The predicted octanol–water partition coefficient (Wildman–Crippen LogP) is 1.61. The molecule has 1 aliphatic rings. The fraction of sp³-hybridized carbons (Fsp3) is 0.375. The first kappa shape index (κ1) is 13.8. The van der Waals surface area contributed by atoms with Crippen molar-refractivity contribution in [2.45, 2.75) is 25.4 Å². The van der Waals surface area contributed by atoms with Crippen molar-refractivity contribution >= 4 is 16.8 Å². The number of fused-ring (bicyclic) bond motifs is 1. The van der Waals surface area contributed by atoms with E-state index in [-0.39, 0.29) is 11.9 Å². The quantitative estimate of drug-likeness (QED) is 0.896. The van der Waals surface area contributed by atoms with E-state index in [9.17, 15) is 4.79 Å². The van der Waals surface area contributed by atoms with Crippen LogP contribution in [0, 0.1) is 0 Å². The van der Waals surface area contributed by atoms with Crippen LogP contribution in [0.15, 0.2) is 30.3 Å². The summed E-state index contributed by atoms with van der Waals surface area (Å²) in [6.07, 6.45) is 1.89. The minimum Gasteiger partial charge on any atom is -0.494 e. The lowest BCUT2D eigenvalue weighted by Crippen LogP contribution is -2.47. The Bertz CT molecular complexity index is 657. The summed E-state index contributed by atoms with van der Waals surface area (Å²) in [4.78, 5) is 16.4. The number of para-hydroxylation sites is 1. The van der Waals surface area contributed by atoms with Crippen LogP contribution in [0.3, 0.4) is 0 Å². The second-order valence-corrected chi connectivity index (χ2v) is 5.20. The van der Waals surface area contributed by atoms with Gasteiger partial charge in [-0.3, -0.25) is 4.79 Å². The zero-order chi connectivity index (χ0) is 14.7. The number of piperidine rings is 1. The lowest BCUT2D eigenvalue weighted by atomic mass is 10.1. The van der Waals surface area contributed by atoms with E-state index in [1.54, 1.807) is 7.11 Å². The summed E-state index contributed by atoms with van der Waals surface area (Å²) in [5.41, 5.74) is 1.76. The van der Waals surface area contributed by atoms with Gasteiger partial charge in [-0.25, -0.2) is 4.98 Å². The van der Waals surface area contributed by atoms with Crippen molar-refractivity contribution in [2.24, 2.45) is 0 Å². The third-order valence-corrected chi connectivity index (χ3v) is 3.78. The second-order valence-electron chi connectivity index (χ2n) is 5.20. The van der Waals surface area contributed by atoms with Gasteiger partial charge < -0.3 is 15.4 Å². The number of amides is 1. The molecule has 2 N–H and O–H groups in total. The van der Waals surface area contributed by atoms with Crippen molar-refractivity contribution in [3.63, 3.8) is 0 Å². The molecule has 1 unspecified atom stereocenters. The van der Waals surface area contributed by atoms with Gasteiger partial charge in [0.25, 0.3) is 0 Å². The highest BCUT2D eigenvalue weighted by Crippen LogP contribution is 2.23. The molecule has 0 spiro atoms. The Labute approximate surface area is 123 Å². The Balaban J connectivity index is 1.76. The standard InChI is InChI=1S/C16H19N3O2/c1-21-14-6-2-4-11-7-8-12(19-15(11)14)10-18-13-5-3-9-17-16(13)20/h2,4,6-8,13,18H,3,5,9-10H2,1H3,(H,17,20).